The fraction of sp³-hybridized carbons (Fsp3) is 1.00. The van der Waals surface area contributed by atoms with E-state index in [1.54, 1.807) is 4.74 Å². The summed E-state index contributed by atoms with van der Waals surface area (Å²) in [4.78, 5) is 0. The van der Waals surface area contributed by atoms with Gasteiger partial charge in [-0.25, -0.2) is 4.74 Å². The minimum atomic E-state index is -7.63. The van der Waals surface area contributed by atoms with Crippen LogP contribution in [0.25, 0.3) is 0 Å². The molecule has 0 radical (unpaired) electrons. The molecule has 0 fully saturated rings. The molecule has 40 heavy (non-hydrogen) atoms. The zero-order valence-corrected chi connectivity index (χ0v) is 19.6. The van der Waals surface area contributed by atoms with Gasteiger partial charge in [-0.2, -0.15) is 87.8 Å². The van der Waals surface area contributed by atoms with Crippen LogP contribution in [-0.4, -0.2) is 94.3 Å². The summed E-state index contributed by atoms with van der Waals surface area (Å²) in [7, 11) is 0.605. The summed E-state index contributed by atoms with van der Waals surface area (Å²) >= 11 is 0. The van der Waals surface area contributed by atoms with Crippen molar-refractivity contribution in [3.63, 3.8) is 0 Å². The molecule has 0 N–H and O–H groups in total. The van der Waals surface area contributed by atoms with Gasteiger partial charge in [-0.3, -0.25) is 0 Å². The van der Waals surface area contributed by atoms with Gasteiger partial charge >= 0.3 is 59.8 Å². The highest BCUT2D eigenvalue weighted by molar-refractivity contribution is 4.99. The van der Waals surface area contributed by atoms with E-state index in [1.165, 1.54) is 0 Å². The van der Waals surface area contributed by atoms with E-state index in [9.17, 15) is 87.8 Å². The predicted molar refractivity (Wildman–Crippen MR) is 87.0 cm³/mol. The molecule has 0 aromatic rings. The van der Waals surface area contributed by atoms with Crippen LogP contribution in [0.5, 0.6) is 0 Å². The summed E-state index contributed by atoms with van der Waals surface area (Å²) in [6, 6.07) is 0. The van der Waals surface area contributed by atoms with Crippen LogP contribution in [0, 0.1) is 0 Å². The molecule has 0 heterocycles. The minimum absolute atomic E-state index is 0.263. The average Bonchev–Trinajstić information content (AvgIpc) is 2.71. The number of ether oxygens (including phenoxy) is 4. The van der Waals surface area contributed by atoms with Gasteiger partial charge in [-0.05, 0) is 0 Å². The topological polar surface area (TPSA) is 36.9 Å². The van der Waals surface area contributed by atoms with E-state index in [-0.39, 0.29) is 21.1 Å². The Morgan fingerprint density at radius 3 is 0.950 bits per heavy atom. The summed E-state index contributed by atoms with van der Waals surface area (Å²) in [5.41, 5.74) is 0. The van der Waals surface area contributed by atoms with Crippen LogP contribution in [0.2, 0.25) is 0 Å². The molecule has 0 amide bonds. The van der Waals surface area contributed by atoms with Crippen LogP contribution in [0.1, 0.15) is 6.92 Å². The van der Waals surface area contributed by atoms with Gasteiger partial charge in [-0.1, -0.05) is 0 Å². The van der Waals surface area contributed by atoms with Gasteiger partial charge in [0.05, 0.1) is 0 Å². The van der Waals surface area contributed by atoms with Crippen molar-refractivity contribution in [3.05, 3.63) is 0 Å². The fourth-order valence-corrected chi connectivity index (χ4v) is 1.86. The SMILES string of the molecule is COCC(F)(F)C(F)(F)C(C)(F)F.COCC(F)(F)C(F)(F)C(F)(F)OC(F)(F)C(F)(F)C(F)(F)C(F)(F)OC. The number of alkyl halides is 20. The van der Waals surface area contributed by atoms with Crippen molar-refractivity contribution >= 4 is 0 Å². The van der Waals surface area contributed by atoms with Crippen LogP contribution in [0.4, 0.5) is 87.8 Å². The summed E-state index contributed by atoms with van der Waals surface area (Å²) in [5, 5.41) is 0. The quantitative estimate of drug-likeness (QED) is 0.187. The molecular formula is C16H16F20O4. The lowest BCUT2D eigenvalue weighted by atomic mass is 10.1. The lowest BCUT2D eigenvalue weighted by molar-refractivity contribution is -0.518. The van der Waals surface area contributed by atoms with Crippen molar-refractivity contribution in [2.24, 2.45) is 0 Å². The average molecular weight is 652 g/mol. The van der Waals surface area contributed by atoms with E-state index in [2.05, 4.69) is 14.2 Å². The molecule has 244 valence electrons. The molecule has 0 rings (SSSR count). The Hall–Kier alpha value is -1.56. The molecule has 0 unspecified atom stereocenters. The first-order chi connectivity index (χ1) is 17.1. The van der Waals surface area contributed by atoms with Gasteiger partial charge in [0.25, 0.3) is 0 Å². The Balaban J connectivity index is 0. The molecular weight excluding hydrogens is 636 g/mol. The molecule has 0 saturated carbocycles. The Labute approximate surface area is 209 Å². The number of hydrogen-bond donors (Lipinski definition) is 0. The maximum atomic E-state index is 13.0. The minimum Gasteiger partial charge on any atom is -0.378 e. The third kappa shape index (κ3) is 7.44. The van der Waals surface area contributed by atoms with E-state index < -0.39 is 73.0 Å². The Morgan fingerprint density at radius 1 is 0.400 bits per heavy atom. The molecule has 0 aliphatic rings. The predicted octanol–water partition coefficient (Wildman–Crippen LogP) is 7.17. The number of rotatable bonds is 14. The molecule has 0 bridgehead atoms. The highest BCUT2D eigenvalue weighted by Crippen LogP contribution is 2.56. The van der Waals surface area contributed by atoms with Crippen LogP contribution in [0.15, 0.2) is 0 Å². The van der Waals surface area contributed by atoms with Gasteiger partial charge in [0.1, 0.15) is 13.2 Å². The van der Waals surface area contributed by atoms with Gasteiger partial charge in [0.15, 0.2) is 0 Å². The maximum Gasteiger partial charge on any atom is 0.430 e. The molecule has 0 aliphatic heterocycles. The van der Waals surface area contributed by atoms with Crippen molar-refractivity contribution in [1.29, 1.82) is 0 Å². The first-order valence-electron chi connectivity index (χ1n) is 9.15. The van der Waals surface area contributed by atoms with Crippen molar-refractivity contribution in [1.82, 2.24) is 0 Å². The first kappa shape index (κ1) is 40.6. The van der Waals surface area contributed by atoms with Gasteiger partial charge in [-0.15, -0.1) is 0 Å². The Kier molecular flexibility index (Phi) is 12.1. The second-order valence-corrected chi connectivity index (χ2v) is 7.32. The number of hydrogen-bond acceptors (Lipinski definition) is 4. The van der Waals surface area contributed by atoms with E-state index in [0.717, 1.165) is 7.11 Å². The summed E-state index contributed by atoms with van der Waals surface area (Å²) in [6.45, 7) is -4.58. The highest BCUT2D eigenvalue weighted by Gasteiger charge is 2.86. The monoisotopic (exact) mass is 652 g/mol. The third-order valence-corrected chi connectivity index (χ3v) is 4.12. The normalized spacial score (nSPS) is 15.6. The highest BCUT2D eigenvalue weighted by atomic mass is 19.4. The van der Waals surface area contributed by atoms with Crippen molar-refractivity contribution < 1.29 is 107 Å². The smallest absolute Gasteiger partial charge is 0.378 e. The molecule has 0 spiro atoms. The molecule has 4 nitrogen and oxygen atoms in total. The first-order valence-corrected chi connectivity index (χ1v) is 9.15. The molecule has 0 saturated heterocycles. The van der Waals surface area contributed by atoms with Gasteiger partial charge in [0.2, 0.25) is 0 Å². The molecule has 0 aliphatic carbocycles. The van der Waals surface area contributed by atoms with E-state index in [0.29, 0.717) is 0 Å². The molecule has 0 aromatic heterocycles. The van der Waals surface area contributed by atoms with Gasteiger partial charge < -0.3 is 14.2 Å². The molecule has 0 aromatic carbocycles. The second kappa shape index (κ2) is 12.0. The summed E-state index contributed by atoms with van der Waals surface area (Å²) < 4.78 is 266. The lowest BCUT2D eigenvalue weighted by Gasteiger charge is -2.38. The van der Waals surface area contributed by atoms with Crippen LogP contribution in [0.3, 0.4) is 0 Å². The number of methoxy groups -OCH3 is 3. The Bertz CT molecular complexity index is 807. The third-order valence-electron chi connectivity index (χ3n) is 4.12. The van der Waals surface area contributed by atoms with E-state index in [4.69, 9.17) is 0 Å². The lowest BCUT2D eigenvalue weighted by Crippen LogP contribution is -2.67. The van der Waals surface area contributed by atoms with Gasteiger partial charge in [0, 0.05) is 28.3 Å². The molecule has 0 atom stereocenters. The van der Waals surface area contributed by atoms with Crippen LogP contribution < -0.4 is 0 Å². The summed E-state index contributed by atoms with van der Waals surface area (Å²) in [6.07, 6.45) is -21.2. The van der Waals surface area contributed by atoms with Crippen molar-refractivity contribution in [2.45, 2.75) is 66.7 Å². The zero-order valence-electron chi connectivity index (χ0n) is 19.6. The number of halogens is 20. The Morgan fingerprint density at radius 2 is 0.675 bits per heavy atom. The molecule has 24 heteroatoms. The van der Waals surface area contributed by atoms with Crippen molar-refractivity contribution in [3.8, 4) is 0 Å². The fourth-order valence-electron chi connectivity index (χ4n) is 1.86. The maximum absolute atomic E-state index is 13.0. The summed E-state index contributed by atoms with van der Waals surface area (Å²) in [5.74, 6) is -43.1. The standard InChI is InChI=1S/C10H8F14O3.C6H8F6O/c1-25-3-4(11,12)5(13,14)9(21,22)27-10(23,24)7(17,18)6(15,16)8(19,20)26-2;1-4(7,8)6(11,12)5(9,10)3-13-2/h3H2,1-2H3;3H2,1-2H3. The second-order valence-electron chi connectivity index (χ2n) is 7.32. The van der Waals surface area contributed by atoms with Crippen LogP contribution in [-0.2, 0) is 18.9 Å². The van der Waals surface area contributed by atoms with E-state index in [1.807, 2.05) is 0 Å². The van der Waals surface area contributed by atoms with E-state index >= 15 is 0 Å². The van der Waals surface area contributed by atoms with Crippen molar-refractivity contribution in [2.75, 3.05) is 34.5 Å². The van der Waals surface area contributed by atoms with Crippen LogP contribution >= 0.6 is 0 Å². The zero-order chi connectivity index (χ0) is 33.2. The largest absolute Gasteiger partial charge is 0.430 e.